The summed E-state index contributed by atoms with van der Waals surface area (Å²) in [5.74, 6) is -0.452. The fourth-order valence-electron chi connectivity index (χ4n) is 8.13. The molecule has 8 nitrogen and oxygen atoms in total. The van der Waals surface area contributed by atoms with Crippen molar-refractivity contribution in [3.63, 3.8) is 0 Å². The van der Waals surface area contributed by atoms with Crippen LogP contribution in [0.15, 0.2) is 97.1 Å². The molecule has 2 saturated heterocycles. The number of morpholine rings is 1. The Kier molecular flexibility index (Phi) is 14.0. The second-order valence-electron chi connectivity index (χ2n) is 16.2. The molecular formula is C45H57F3N4O4Si. The fraction of sp³-hybridized carbons (Fsp3) is 0.444. The van der Waals surface area contributed by atoms with Crippen molar-refractivity contribution in [2.24, 2.45) is 0 Å². The smallest absolute Gasteiger partial charge is 0.402 e. The van der Waals surface area contributed by atoms with E-state index in [0.717, 1.165) is 59.8 Å². The van der Waals surface area contributed by atoms with Crippen molar-refractivity contribution >= 4 is 31.0 Å². The van der Waals surface area contributed by atoms with E-state index in [-0.39, 0.29) is 22.8 Å². The highest BCUT2D eigenvalue weighted by molar-refractivity contribution is 6.80. The van der Waals surface area contributed by atoms with Crippen molar-refractivity contribution in [3.8, 4) is 0 Å². The number of piperazine rings is 1. The van der Waals surface area contributed by atoms with E-state index < -0.39 is 38.8 Å². The molecule has 1 unspecified atom stereocenters. The summed E-state index contributed by atoms with van der Waals surface area (Å²) in [6, 6.07) is 29.9. The second-order valence-corrected chi connectivity index (χ2v) is 18.6. The van der Waals surface area contributed by atoms with Gasteiger partial charge in [-0.05, 0) is 57.6 Å². The van der Waals surface area contributed by atoms with Gasteiger partial charge in [0, 0.05) is 71.2 Å². The van der Waals surface area contributed by atoms with Gasteiger partial charge in [-0.2, -0.15) is 13.2 Å². The number of nitrogens with one attached hydrogen (secondary N) is 1. The normalized spacial score (nSPS) is 19.2. The molecule has 12 heteroatoms. The fourth-order valence-corrected chi connectivity index (χ4v) is 10.6. The van der Waals surface area contributed by atoms with Crippen LogP contribution in [0.5, 0.6) is 0 Å². The molecule has 2 aliphatic heterocycles. The van der Waals surface area contributed by atoms with Crippen LogP contribution >= 0.6 is 0 Å². The number of methoxy groups -OCH3 is 1. The molecule has 2 heterocycles. The number of aryl methyl sites for hydroxylation is 1. The summed E-state index contributed by atoms with van der Waals surface area (Å²) >= 11 is 0. The lowest BCUT2D eigenvalue weighted by Crippen LogP contribution is -2.60. The largest absolute Gasteiger partial charge is 0.416 e. The van der Waals surface area contributed by atoms with Gasteiger partial charge in [-0.3, -0.25) is 14.6 Å². The van der Waals surface area contributed by atoms with Gasteiger partial charge >= 0.3 is 6.18 Å². The molecule has 4 aromatic rings. The predicted octanol–water partition coefficient (Wildman–Crippen LogP) is 6.12. The van der Waals surface area contributed by atoms with Crippen LogP contribution in [-0.4, -0.2) is 115 Å². The number of alkyl halides is 3. The van der Waals surface area contributed by atoms with Gasteiger partial charge in [0.2, 0.25) is 9.04 Å². The minimum Gasteiger partial charge on any atom is -0.402 e. The van der Waals surface area contributed by atoms with Crippen molar-refractivity contribution in [2.45, 2.75) is 57.5 Å². The second kappa shape index (κ2) is 18.7. The third kappa shape index (κ3) is 10.7. The van der Waals surface area contributed by atoms with Gasteiger partial charge in [-0.25, -0.2) is 0 Å². The summed E-state index contributed by atoms with van der Waals surface area (Å²) in [4.78, 5) is 21.4. The molecule has 306 valence electrons. The molecule has 0 saturated carbocycles. The maximum atomic E-state index is 14.8. The summed E-state index contributed by atoms with van der Waals surface area (Å²) in [6.45, 7) is 14.3. The highest BCUT2D eigenvalue weighted by Gasteiger charge is 2.41. The number of carbonyl (C=O) groups excluding carboxylic acids is 1. The number of nitrogens with zero attached hydrogens (tertiary/aromatic N) is 3. The van der Waals surface area contributed by atoms with Crippen LogP contribution in [0.4, 0.5) is 18.9 Å². The SMILES string of the molecule is CNc1cc(C(=O)N2CCN(CCN3CCO[C@H](COC)C3)C[C@@H]2C(O[SiH](c2ccccc2)c2ccccc2)c2ccc(C)c(C(C)(C)C)c2)cc(C(F)(F)F)c1. The Labute approximate surface area is 337 Å². The molecule has 1 amide bonds. The third-order valence-corrected chi connectivity index (χ3v) is 13.6. The Balaban J connectivity index is 1.45. The van der Waals surface area contributed by atoms with Crippen molar-refractivity contribution in [3.05, 3.63) is 125 Å². The van der Waals surface area contributed by atoms with Crippen LogP contribution in [0.2, 0.25) is 0 Å². The first-order valence-corrected chi connectivity index (χ1v) is 21.5. The van der Waals surface area contributed by atoms with Gasteiger partial charge < -0.3 is 24.1 Å². The maximum absolute atomic E-state index is 14.8. The first kappa shape index (κ1) is 42.6. The topological polar surface area (TPSA) is 66.5 Å². The lowest BCUT2D eigenvalue weighted by molar-refractivity contribution is -0.137. The van der Waals surface area contributed by atoms with Gasteiger partial charge in [0.25, 0.3) is 5.91 Å². The zero-order valence-electron chi connectivity index (χ0n) is 34.0. The molecule has 0 bridgehead atoms. The van der Waals surface area contributed by atoms with Crippen LogP contribution < -0.4 is 15.7 Å². The molecule has 0 spiro atoms. The number of amides is 1. The lowest BCUT2D eigenvalue weighted by atomic mass is 9.82. The zero-order chi connectivity index (χ0) is 40.7. The maximum Gasteiger partial charge on any atom is 0.416 e. The molecule has 2 aliphatic rings. The Bertz CT molecular complexity index is 1890. The summed E-state index contributed by atoms with van der Waals surface area (Å²) in [7, 11) is 0.823. The number of carbonyl (C=O) groups is 1. The Morgan fingerprint density at radius 3 is 2.12 bits per heavy atom. The number of ether oxygens (including phenoxy) is 2. The molecule has 3 atom stereocenters. The minimum absolute atomic E-state index is 0.00938. The van der Waals surface area contributed by atoms with Crippen molar-refractivity contribution < 1.29 is 31.9 Å². The van der Waals surface area contributed by atoms with Gasteiger partial charge in [0.05, 0.1) is 37.0 Å². The summed E-state index contributed by atoms with van der Waals surface area (Å²) in [5, 5.41) is 5.02. The molecule has 2 fully saturated rings. The number of anilines is 1. The van der Waals surface area contributed by atoms with Gasteiger partial charge in [-0.15, -0.1) is 0 Å². The molecule has 0 aromatic heterocycles. The van der Waals surface area contributed by atoms with E-state index in [1.54, 1.807) is 19.1 Å². The number of hydrogen-bond acceptors (Lipinski definition) is 7. The Morgan fingerprint density at radius 1 is 0.877 bits per heavy atom. The number of halogens is 3. The quantitative estimate of drug-likeness (QED) is 0.164. The van der Waals surface area contributed by atoms with E-state index in [4.69, 9.17) is 13.9 Å². The average molecular weight is 803 g/mol. The monoisotopic (exact) mass is 802 g/mol. The highest BCUT2D eigenvalue weighted by Crippen LogP contribution is 2.36. The Morgan fingerprint density at radius 2 is 1.53 bits per heavy atom. The van der Waals surface area contributed by atoms with Crippen molar-refractivity contribution in [1.82, 2.24) is 14.7 Å². The van der Waals surface area contributed by atoms with Crippen molar-refractivity contribution in [2.75, 3.05) is 78.5 Å². The van der Waals surface area contributed by atoms with Gasteiger partial charge in [0.15, 0.2) is 0 Å². The summed E-state index contributed by atoms with van der Waals surface area (Å²) in [6.07, 6.45) is -5.21. The van der Waals surface area contributed by atoms with Gasteiger partial charge in [0.1, 0.15) is 0 Å². The van der Waals surface area contributed by atoms with E-state index in [9.17, 15) is 18.0 Å². The molecule has 0 aliphatic carbocycles. The summed E-state index contributed by atoms with van der Waals surface area (Å²) in [5.41, 5.74) is 2.44. The van der Waals surface area contributed by atoms with Crippen molar-refractivity contribution in [1.29, 1.82) is 0 Å². The third-order valence-electron chi connectivity index (χ3n) is 11.1. The van der Waals surface area contributed by atoms with E-state index in [1.165, 1.54) is 11.6 Å². The van der Waals surface area contributed by atoms with Crippen LogP contribution in [0.3, 0.4) is 0 Å². The number of rotatable bonds is 13. The summed E-state index contributed by atoms with van der Waals surface area (Å²) < 4.78 is 61.5. The average Bonchev–Trinajstić information content (AvgIpc) is 3.20. The molecule has 0 radical (unpaired) electrons. The van der Waals surface area contributed by atoms with E-state index in [0.29, 0.717) is 32.8 Å². The lowest BCUT2D eigenvalue weighted by Gasteiger charge is -2.46. The minimum atomic E-state index is -4.62. The van der Waals surface area contributed by atoms with E-state index in [1.807, 2.05) is 36.4 Å². The molecule has 4 aromatic carbocycles. The van der Waals surface area contributed by atoms with Crippen LogP contribution in [0, 0.1) is 6.92 Å². The van der Waals surface area contributed by atoms with Crippen LogP contribution in [0.1, 0.15) is 59.5 Å². The van der Waals surface area contributed by atoms with Crippen LogP contribution in [-0.2, 0) is 25.5 Å². The first-order chi connectivity index (χ1) is 27.2. The molecular weight excluding hydrogens is 746 g/mol. The van der Waals surface area contributed by atoms with E-state index in [2.05, 4.69) is 85.3 Å². The standard InChI is InChI=1S/C45H57F3N4O4Si/c1-32-17-18-33(27-40(32)44(2,3)4)42(56-57(38-13-9-7-10-14-38)39-15-11-8-12-16-39)41-30-50(19-20-51-23-24-55-37(29-51)31-54-6)21-22-52(41)43(53)34-25-35(45(46,47)48)28-36(26-34)49-5/h7-18,25-28,37,41-42,49,57H,19-24,29-31H2,1-6H3/t37-,41+,42?/m0/s1. The Hall–Kier alpha value is -4.04. The first-order valence-electron chi connectivity index (χ1n) is 19.9. The molecule has 1 N–H and O–H groups in total. The van der Waals surface area contributed by atoms with E-state index >= 15 is 0 Å². The van der Waals surface area contributed by atoms with Crippen LogP contribution in [0.25, 0.3) is 0 Å². The molecule has 6 rings (SSSR count). The van der Waals surface area contributed by atoms with Gasteiger partial charge in [-0.1, -0.05) is 99.6 Å². The zero-order valence-corrected chi connectivity index (χ0v) is 35.2. The number of benzene rings is 4. The predicted molar refractivity (Wildman–Crippen MR) is 223 cm³/mol. The molecule has 57 heavy (non-hydrogen) atoms. The number of hydrogen-bond donors (Lipinski definition) is 1. The highest BCUT2D eigenvalue weighted by atomic mass is 28.3.